The van der Waals surface area contributed by atoms with Gasteiger partial charge in [0.15, 0.2) is 0 Å². The summed E-state index contributed by atoms with van der Waals surface area (Å²) in [7, 11) is -7.92. The van der Waals surface area contributed by atoms with Gasteiger partial charge in [0, 0.05) is 29.4 Å². The van der Waals surface area contributed by atoms with E-state index in [2.05, 4.69) is 9.44 Å². The summed E-state index contributed by atoms with van der Waals surface area (Å²) in [5.74, 6) is 0.0182. The number of nitrogens with one attached hydrogen (secondary N) is 2. The number of anilines is 3. The zero-order chi connectivity index (χ0) is 25.4. The van der Waals surface area contributed by atoms with Gasteiger partial charge in [0.1, 0.15) is 0 Å². The molecule has 0 atom stereocenters. The molecule has 4 rings (SSSR count). The molecule has 0 radical (unpaired) electrons. The molecule has 1 amide bonds. The first-order chi connectivity index (χ1) is 16.5. The number of rotatable bonds is 7. The topological polar surface area (TPSA) is 113 Å². The smallest absolute Gasteiger partial charge is 0.261 e. The Balaban J connectivity index is 1.50. The first kappa shape index (κ1) is 25.3. The van der Waals surface area contributed by atoms with Crippen molar-refractivity contribution in [2.24, 2.45) is 0 Å². The highest BCUT2D eigenvalue weighted by molar-refractivity contribution is 7.93. The molecule has 3 aromatic carbocycles. The SMILES string of the molecule is Cc1cc(S(=O)(=O)Nc2ccc(S(=O)(=O)Nc3ccc(Cl)cc3Cl)cc2)ccc1N1CCCC1=O. The minimum Gasteiger partial charge on any atom is -0.312 e. The summed E-state index contributed by atoms with van der Waals surface area (Å²) in [6.45, 7) is 2.36. The Morgan fingerprint density at radius 3 is 2.09 bits per heavy atom. The molecule has 35 heavy (non-hydrogen) atoms. The third kappa shape index (κ3) is 5.56. The number of aryl methyl sites for hydroxylation is 1. The Morgan fingerprint density at radius 2 is 1.49 bits per heavy atom. The third-order valence-corrected chi connectivity index (χ3v) is 8.74. The zero-order valence-corrected chi connectivity index (χ0v) is 21.6. The lowest BCUT2D eigenvalue weighted by Crippen LogP contribution is -2.24. The van der Waals surface area contributed by atoms with Crippen LogP contribution in [0, 0.1) is 6.92 Å². The lowest BCUT2D eigenvalue weighted by atomic mass is 10.2. The van der Waals surface area contributed by atoms with Crippen molar-refractivity contribution in [2.45, 2.75) is 29.6 Å². The summed E-state index contributed by atoms with van der Waals surface area (Å²) >= 11 is 11.9. The van der Waals surface area contributed by atoms with Crippen LogP contribution < -0.4 is 14.3 Å². The predicted octanol–water partition coefficient (Wildman–Crippen LogP) is 5.03. The maximum absolute atomic E-state index is 12.9. The van der Waals surface area contributed by atoms with Crippen LogP contribution in [0.3, 0.4) is 0 Å². The molecule has 8 nitrogen and oxygen atoms in total. The average molecular weight is 554 g/mol. The molecule has 12 heteroatoms. The van der Waals surface area contributed by atoms with Crippen molar-refractivity contribution >= 4 is 66.2 Å². The molecular formula is C23H21Cl2N3O5S2. The first-order valence-corrected chi connectivity index (χ1v) is 14.2. The van der Waals surface area contributed by atoms with Gasteiger partial charge in [0.05, 0.1) is 20.5 Å². The minimum atomic E-state index is -3.97. The largest absolute Gasteiger partial charge is 0.312 e. The molecule has 0 saturated carbocycles. The monoisotopic (exact) mass is 553 g/mol. The molecule has 0 bridgehead atoms. The maximum Gasteiger partial charge on any atom is 0.261 e. The van der Waals surface area contributed by atoms with Crippen LogP contribution in [-0.2, 0) is 24.8 Å². The van der Waals surface area contributed by atoms with Crippen molar-refractivity contribution in [3.8, 4) is 0 Å². The Labute approximate surface area is 214 Å². The summed E-state index contributed by atoms with van der Waals surface area (Å²) in [5.41, 5.74) is 1.70. The first-order valence-electron chi connectivity index (χ1n) is 10.5. The van der Waals surface area contributed by atoms with Crippen LogP contribution in [0.5, 0.6) is 0 Å². The Hall–Kier alpha value is -2.79. The van der Waals surface area contributed by atoms with Crippen LogP contribution in [-0.4, -0.2) is 29.3 Å². The van der Waals surface area contributed by atoms with Crippen LogP contribution >= 0.6 is 23.2 Å². The Bertz CT molecular complexity index is 1510. The molecule has 1 aliphatic heterocycles. The highest BCUT2D eigenvalue weighted by Crippen LogP contribution is 2.30. The third-order valence-electron chi connectivity index (χ3n) is 5.44. The second-order valence-corrected chi connectivity index (χ2v) is 12.2. The number of amides is 1. The van der Waals surface area contributed by atoms with Gasteiger partial charge in [0.2, 0.25) is 5.91 Å². The normalized spacial score (nSPS) is 14.3. The van der Waals surface area contributed by atoms with Crippen LogP contribution in [0.4, 0.5) is 17.1 Å². The number of sulfonamides is 2. The minimum absolute atomic E-state index is 0.0182. The van der Waals surface area contributed by atoms with Gasteiger partial charge < -0.3 is 4.90 Å². The van der Waals surface area contributed by atoms with Gasteiger partial charge in [-0.2, -0.15) is 0 Å². The second kappa shape index (κ2) is 9.69. The number of hydrogen-bond acceptors (Lipinski definition) is 5. The summed E-state index contributed by atoms with van der Waals surface area (Å²) in [6.07, 6.45) is 1.25. The maximum atomic E-state index is 12.9. The molecule has 2 N–H and O–H groups in total. The van der Waals surface area contributed by atoms with Gasteiger partial charge in [-0.1, -0.05) is 23.2 Å². The molecule has 3 aromatic rings. The van der Waals surface area contributed by atoms with Crippen LogP contribution in [0.2, 0.25) is 10.0 Å². The fourth-order valence-corrected chi connectivity index (χ4v) is 6.43. The zero-order valence-electron chi connectivity index (χ0n) is 18.5. The standard InChI is InChI=1S/C23H21Cl2N3O5S2/c1-15-13-19(9-11-22(15)28-12-2-3-23(28)29)35(32,33)26-17-5-7-18(8-6-17)34(30,31)27-21-10-4-16(24)14-20(21)25/h4-11,13-14,26-27H,2-3,12H2,1H3. The molecule has 0 aromatic heterocycles. The Morgan fingerprint density at radius 1 is 0.829 bits per heavy atom. The molecule has 0 spiro atoms. The van der Waals surface area contributed by atoms with Crippen molar-refractivity contribution < 1.29 is 21.6 Å². The van der Waals surface area contributed by atoms with Crippen molar-refractivity contribution in [1.82, 2.24) is 0 Å². The summed E-state index contributed by atoms with van der Waals surface area (Å²) in [6, 6.07) is 14.2. The number of halogens is 2. The van der Waals surface area contributed by atoms with Crippen LogP contribution in [0.15, 0.2) is 70.5 Å². The molecular weight excluding hydrogens is 533 g/mol. The summed E-state index contributed by atoms with van der Waals surface area (Å²) in [5, 5.41) is 0.504. The van der Waals surface area contributed by atoms with Gasteiger partial charge in [-0.15, -0.1) is 0 Å². The molecule has 1 fully saturated rings. The van der Waals surface area contributed by atoms with Gasteiger partial charge >= 0.3 is 0 Å². The van der Waals surface area contributed by atoms with E-state index in [1.807, 2.05) is 0 Å². The van der Waals surface area contributed by atoms with E-state index in [0.29, 0.717) is 29.2 Å². The van der Waals surface area contributed by atoms with Gasteiger partial charge in [0.25, 0.3) is 20.0 Å². The van der Waals surface area contributed by atoms with E-state index >= 15 is 0 Å². The molecule has 1 heterocycles. The molecule has 184 valence electrons. The summed E-state index contributed by atoms with van der Waals surface area (Å²) < 4.78 is 56.0. The molecule has 0 unspecified atom stereocenters. The van der Waals surface area contributed by atoms with E-state index in [9.17, 15) is 21.6 Å². The van der Waals surface area contributed by atoms with E-state index in [4.69, 9.17) is 23.2 Å². The number of carbonyl (C=O) groups is 1. The summed E-state index contributed by atoms with van der Waals surface area (Å²) in [4.78, 5) is 13.6. The fraction of sp³-hybridized carbons (Fsp3) is 0.174. The highest BCUT2D eigenvalue weighted by Gasteiger charge is 2.24. The van der Waals surface area contributed by atoms with Gasteiger partial charge in [-0.3, -0.25) is 14.2 Å². The fourth-order valence-electron chi connectivity index (χ4n) is 3.69. The quantitative estimate of drug-likeness (QED) is 0.426. The van der Waals surface area contributed by atoms with Crippen LogP contribution in [0.25, 0.3) is 0 Å². The average Bonchev–Trinajstić information content (AvgIpc) is 3.21. The van der Waals surface area contributed by atoms with Crippen LogP contribution in [0.1, 0.15) is 18.4 Å². The lowest BCUT2D eigenvalue weighted by Gasteiger charge is -2.19. The van der Waals surface area contributed by atoms with Crippen molar-refractivity contribution in [1.29, 1.82) is 0 Å². The van der Waals surface area contributed by atoms with Crippen molar-refractivity contribution in [3.05, 3.63) is 76.3 Å². The lowest BCUT2D eigenvalue weighted by molar-refractivity contribution is -0.117. The number of nitrogens with zero attached hydrogens (tertiary/aromatic N) is 1. The van der Waals surface area contributed by atoms with E-state index in [-0.39, 0.29) is 32.1 Å². The Kier molecular flexibility index (Phi) is 7.01. The van der Waals surface area contributed by atoms with E-state index < -0.39 is 20.0 Å². The van der Waals surface area contributed by atoms with Crippen molar-refractivity contribution in [3.63, 3.8) is 0 Å². The highest BCUT2D eigenvalue weighted by atomic mass is 35.5. The predicted molar refractivity (Wildman–Crippen MR) is 137 cm³/mol. The van der Waals surface area contributed by atoms with Crippen molar-refractivity contribution in [2.75, 3.05) is 20.9 Å². The molecule has 1 aliphatic rings. The van der Waals surface area contributed by atoms with Gasteiger partial charge in [-0.05, 0) is 79.6 Å². The number of hydrogen-bond donors (Lipinski definition) is 2. The number of carbonyl (C=O) groups excluding carboxylic acids is 1. The van der Waals surface area contributed by atoms with E-state index in [1.54, 1.807) is 17.9 Å². The second-order valence-electron chi connectivity index (χ2n) is 7.96. The van der Waals surface area contributed by atoms with Gasteiger partial charge in [-0.25, -0.2) is 16.8 Å². The van der Waals surface area contributed by atoms with E-state index in [1.165, 1.54) is 54.6 Å². The van der Waals surface area contributed by atoms with E-state index in [0.717, 1.165) is 6.42 Å². The number of benzene rings is 3. The molecule has 1 saturated heterocycles. The molecule has 0 aliphatic carbocycles.